The predicted molar refractivity (Wildman–Crippen MR) is 116 cm³/mol. The Morgan fingerprint density at radius 2 is 1.97 bits per heavy atom. The Labute approximate surface area is 187 Å². The molecule has 1 unspecified atom stereocenters. The number of nitrogens with zero attached hydrogens (tertiary/aromatic N) is 3. The highest BCUT2D eigenvalue weighted by molar-refractivity contribution is 6.19. The van der Waals surface area contributed by atoms with Crippen LogP contribution in [0.1, 0.15) is 22.2 Å². The summed E-state index contributed by atoms with van der Waals surface area (Å²) in [7, 11) is 3.02. The van der Waals surface area contributed by atoms with Gasteiger partial charge in [-0.05, 0) is 23.8 Å². The minimum atomic E-state index is -0.979. The minimum absolute atomic E-state index is 0.000769. The average molecular weight is 446 g/mol. The van der Waals surface area contributed by atoms with Crippen LogP contribution in [0.15, 0.2) is 70.8 Å². The van der Waals surface area contributed by atoms with Crippen molar-refractivity contribution in [2.24, 2.45) is 0 Å². The first kappa shape index (κ1) is 20.3. The average Bonchev–Trinajstić information content (AvgIpc) is 3.57. The van der Waals surface area contributed by atoms with Gasteiger partial charge in [-0.1, -0.05) is 6.07 Å². The summed E-state index contributed by atoms with van der Waals surface area (Å²) < 4.78 is 15.9. The van der Waals surface area contributed by atoms with Gasteiger partial charge in [-0.2, -0.15) is 0 Å². The molecule has 10 nitrogen and oxygen atoms in total. The van der Waals surface area contributed by atoms with Crippen LogP contribution in [0, 0.1) is 0 Å². The van der Waals surface area contributed by atoms with E-state index in [0.29, 0.717) is 28.1 Å². The van der Waals surface area contributed by atoms with E-state index in [1.807, 2.05) is 0 Å². The maximum absolute atomic E-state index is 13.2. The molecule has 2 N–H and O–H groups in total. The van der Waals surface area contributed by atoms with Gasteiger partial charge in [0.2, 0.25) is 11.7 Å². The largest absolute Gasteiger partial charge is 0.503 e. The number of Topliss-reactive ketones (excluding diaryl/α,β-unsaturated/α-hetero) is 1. The summed E-state index contributed by atoms with van der Waals surface area (Å²) in [4.78, 5) is 39.3. The third-order valence-electron chi connectivity index (χ3n) is 5.40. The van der Waals surface area contributed by atoms with Gasteiger partial charge >= 0.3 is 0 Å². The molecular weight excluding hydrogens is 428 g/mol. The van der Waals surface area contributed by atoms with Crippen LogP contribution < -0.4 is 14.4 Å². The minimum Gasteiger partial charge on any atom is -0.503 e. The first-order valence-electron chi connectivity index (χ1n) is 9.90. The Hall–Kier alpha value is -4.60. The number of pyridine rings is 1. The van der Waals surface area contributed by atoms with Crippen LogP contribution in [0.25, 0.3) is 11.0 Å². The van der Waals surface area contributed by atoms with E-state index in [2.05, 4.69) is 15.0 Å². The molecular formula is C23H18N4O6. The fraction of sp³-hybridized carbons (Fsp3) is 0.130. The van der Waals surface area contributed by atoms with Gasteiger partial charge in [0.25, 0.3) is 5.91 Å². The number of carbonyl (C=O) groups is 2. The zero-order valence-electron chi connectivity index (χ0n) is 17.6. The fourth-order valence-corrected chi connectivity index (χ4v) is 3.89. The van der Waals surface area contributed by atoms with Gasteiger partial charge in [0, 0.05) is 24.5 Å². The molecule has 0 fully saturated rings. The second-order valence-electron chi connectivity index (χ2n) is 7.22. The molecule has 0 bridgehead atoms. The molecule has 166 valence electrons. The Kier molecular flexibility index (Phi) is 4.82. The molecule has 10 heteroatoms. The van der Waals surface area contributed by atoms with Crippen molar-refractivity contribution in [2.45, 2.75) is 6.04 Å². The second-order valence-corrected chi connectivity index (χ2v) is 7.22. The molecule has 3 aromatic heterocycles. The fourth-order valence-electron chi connectivity index (χ4n) is 3.89. The lowest BCUT2D eigenvalue weighted by molar-refractivity contribution is -0.117. The van der Waals surface area contributed by atoms with Gasteiger partial charge in [0.05, 0.1) is 43.1 Å². The number of carbonyl (C=O) groups excluding carboxylic acids is 2. The van der Waals surface area contributed by atoms with Crippen molar-refractivity contribution in [1.29, 1.82) is 0 Å². The normalized spacial score (nSPS) is 16.0. The van der Waals surface area contributed by atoms with Gasteiger partial charge in [0.1, 0.15) is 0 Å². The number of ether oxygens (including phenoxy) is 2. The number of ketones is 1. The van der Waals surface area contributed by atoms with E-state index in [9.17, 15) is 14.7 Å². The lowest BCUT2D eigenvalue weighted by Gasteiger charge is -2.23. The van der Waals surface area contributed by atoms with E-state index < -0.39 is 23.5 Å². The number of aromatic nitrogens is 3. The molecule has 33 heavy (non-hydrogen) atoms. The summed E-state index contributed by atoms with van der Waals surface area (Å²) in [6.07, 6.45) is 4.44. The SMILES string of the molecule is COc1cc2nc(N3C(=O)C(O)=C(C(=O)c4ccco4)C3c3cccnc3)[nH]c2cc1OC. The van der Waals surface area contributed by atoms with Crippen LogP contribution in [0.5, 0.6) is 11.5 Å². The van der Waals surface area contributed by atoms with Crippen LogP contribution in [-0.4, -0.2) is 46.0 Å². The number of nitrogens with one attached hydrogen (secondary N) is 1. The number of amides is 1. The molecule has 1 atom stereocenters. The zero-order chi connectivity index (χ0) is 23.1. The number of rotatable bonds is 6. The summed E-state index contributed by atoms with van der Waals surface area (Å²) in [5.41, 5.74) is 1.47. The number of furan rings is 1. The van der Waals surface area contributed by atoms with Crippen LogP contribution in [0.4, 0.5) is 5.95 Å². The van der Waals surface area contributed by atoms with Gasteiger partial charge in [-0.25, -0.2) is 4.98 Å². The summed E-state index contributed by atoms with van der Waals surface area (Å²) in [5, 5.41) is 10.8. The van der Waals surface area contributed by atoms with Crippen molar-refractivity contribution in [3.8, 4) is 11.5 Å². The van der Waals surface area contributed by atoms with E-state index in [4.69, 9.17) is 13.9 Å². The molecule has 5 rings (SSSR count). The van der Waals surface area contributed by atoms with Crippen molar-refractivity contribution >= 4 is 28.7 Å². The topological polar surface area (TPSA) is 131 Å². The number of aliphatic hydroxyl groups excluding tert-OH is 1. The van der Waals surface area contributed by atoms with E-state index in [1.54, 1.807) is 36.5 Å². The van der Waals surface area contributed by atoms with Crippen molar-refractivity contribution in [3.05, 3.63) is 77.7 Å². The first-order valence-corrected chi connectivity index (χ1v) is 9.90. The number of imidazole rings is 1. The van der Waals surface area contributed by atoms with Gasteiger partial charge in [0.15, 0.2) is 23.0 Å². The quantitative estimate of drug-likeness (QED) is 0.431. The summed E-state index contributed by atoms with van der Waals surface area (Å²) in [6.45, 7) is 0. The maximum atomic E-state index is 13.2. The van der Waals surface area contributed by atoms with Crippen molar-refractivity contribution in [1.82, 2.24) is 15.0 Å². The van der Waals surface area contributed by atoms with Crippen LogP contribution in [-0.2, 0) is 4.79 Å². The summed E-state index contributed by atoms with van der Waals surface area (Å²) >= 11 is 0. The van der Waals surface area contributed by atoms with Crippen molar-refractivity contribution in [3.63, 3.8) is 0 Å². The predicted octanol–water partition coefficient (Wildman–Crippen LogP) is 3.35. The van der Waals surface area contributed by atoms with E-state index >= 15 is 0 Å². The number of H-pyrrole nitrogens is 1. The standard InChI is InChI=1S/C23H18N4O6/c1-31-16-9-13-14(10-17(16)32-2)26-23(25-13)27-19(12-5-3-7-24-11-12)18(21(29)22(27)30)20(28)15-6-4-8-33-15/h3-11,19,29H,1-2H3,(H,25,26). The summed E-state index contributed by atoms with van der Waals surface area (Å²) in [5.74, 6) is -0.993. The Bertz CT molecular complexity index is 1350. The third-order valence-corrected chi connectivity index (χ3v) is 5.40. The molecule has 0 spiro atoms. The monoisotopic (exact) mass is 446 g/mol. The number of anilines is 1. The zero-order valence-corrected chi connectivity index (χ0v) is 17.6. The van der Waals surface area contributed by atoms with Gasteiger partial charge in [-0.15, -0.1) is 0 Å². The van der Waals surface area contributed by atoms with Crippen molar-refractivity contribution < 1.29 is 28.6 Å². The molecule has 4 heterocycles. The summed E-state index contributed by atoms with van der Waals surface area (Å²) in [6, 6.07) is 8.78. The highest BCUT2D eigenvalue weighted by Crippen LogP contribution is 2.42. The second kappa shape index (κ2) is 7.83. The highest BCUT2D eigenvalue weighted by atomic mass is 16.5. The molecule has 0 saturated carbocycles. The van der Waals surface area contributed by atoms with E-state index in [-0.39, 0.29) is 17.3 Å². The number of aromatic amines is 1. The Morgan fingerprint density at radius 3 is 2.64 bits per heavy atom. The number of hydrogen-bond donors (Lipinski definition) is 2. The number of fused-ring (bicyclic) bond motifs is 1. The number of aliphatic hydroxyl groups is 1. The molecule has 1 aliphatic rings. The highest BCUT2D eigenvalue weighted by Gasteiger charge is 2.46. The van der Waals surface area contributed by atoms with Gasteiger partial charge < -0.3 is 24.0 Å². The van der Waals surface area contributed by atoms with Crippen LogP contribution in [0.2, 0.25) is 0 Å². The molecule has 0 saturated heterocycles. The molecule has 1 aromatic carbocycles. The lowest BCUT2D eigenvalue weighted by atomic mass is 9.96. The molecule has 4 aromatic rings. The Balaban J connectivity index is 1.67. The van der Waals surface area contributed by atoms with Crippen LogP contribution >= 0.6 is 0 Å². The first-order chi connectivity index (χ1) is 16.0. The van der Waals surface area contributed by atoms with Crippen molar-refractivity contribution in [2.75, 3.05) is 19.1 Å². The number of benzene rings is 1. The molecule has 1 amide bonds. The lowest BCUT2D eigenvalue weighted by Crippen LogP contribution is -2.32. The molecule has 0 radical (unpaired) electrons. The molecule has 1 aliphatic heterocycles. The van der Waals surface area contributed by atoms with Gasteiger partial charge in [-0.3, -0.25) is 19.5 Å². The third kappa shape index (κ3) is 3.19. The Morgan fingerprint density at radius 1 is 1.18 bits per heavy atom. The maximum Gasteiger partial charge on any atom is 0.296 e. The van der Waals surface area contributed by atoms with E-state index in [1.165, 1.54) is 37.6 Å². The van der Waals surface area contributed by atoms with Crippen LogP contribution in [0.3, 0.4) is 0 Å². The number of methoxy groups -OCH3 is 2. The molecule has 0 aliphatic carbocycles. The smallest absolute Gasteiger partial charge is 0.296 e. The van der Waals surface area contributed by atoms with E-state index in [0.717, 1.165) is 0 Å². The number of hydrogen-bond acceptors (Lipinski definition) is 8.